The van der Waals surface area contributed by atoms with Gasteiger partial charge in [0.05, 0.1) is 19.1 Å². The van der Waals surface area contributed by atoms with Crippen LogP contribution in [0.15, 0.2) is 42.5 Å². The van der Waals surface area contributed by atoms with Gasteiger partial charge in [0.15, 0.2) is 11.5 Å². The standard InChI is InChI=1S/C19H21ClF2N2O5S/c1-28-17-10-13(6-7-16(17)29-19(21)22)8-9-23-18(25)12-24(30(2,26)27)15-5-3-4-14(20)11-15/h3-7,10-11,19H,8-9,12H2,1-2H3,(H,23,25). The second-order valence-corrected chi connectivity index (χ2v) is 8.56. The van der Waals surface area contributed by atoms with Crippen LogP contribution in [0.1, 0.15) is 5.56 Å². The van der Waals surface area contributed by atoms with Gasteiger partial charge in [0.1, 0.15) is 6.54 Å². The van der Waals surface area contributed by atoms with Crippen LogP contribution in [0.5, 0.6) is 11.5 Å². The zero-order chi connectivity index (χ0) is 22.3. The molecule has 0 aromatic heterocycles. The van der Waals surface area contributed by atoms with E-state index in [-0.39, 0.29) is 23.7 Å². The Morgan fingerprint density at radius 1 is 1.20 bits per heavy atom. The first-order valence-electron chi connectivity index (χ1n) is 8.72. The zero-order valence-electron chi connectivity index (χ0n) is 16.3. The molecule has 2 aromatic rings. The smallest absolute Gasteiger partial charge is 0.387 e. The lowest BCUT2D eigenvalue weighted by Crippen LogP contribution is -2.40. The molecule has 2 aromatic carbocycles. The maximum atomic E-state index is 12.4. The van der Waals surface area contributed by atoms with E-state index in [1.165, 1.54) is 31.4 Å². The summed E-state index contributed by atoms with van der Waals surface area (Å²) in [7, 11) is -2.38. The van der Waals surface area contributed by atoms with Crippen LogP contribution in [0.4, 0.5) is 14.5 Å². The molecular weight excluding hydrogens is 442 g/mol. The largest absolute Gasteiger partial charge is 0.493 e. The van der Waals surface area contributed by atoms with Crippen molar-refractivity contribution in [2.24, 2.45) is 0 Å². The van der Waals surface area contributed by atoms with Crippen molar-refractivity contribution in [1.29, 1.82) is 0 Å². The molecule has 11 heteroatoms. The SMILES string of the molecule is COc1cc(CCNC(=O)CN(c2cccc(Cl)c2)S(C)(=O)=O)ccc1OC(F)F. The minimum absolute atomic E-state index is 0.0920. The van der Waals surface area contributed by atoms with Gasteiger partial charge in [0.25, 0.3) is 0 Å². The molecule has 0 unspecified atom stereocenters. The number of carbonyl (C=O) groups excluding carboxylic acids is 1. The monoisotopic (exact) mass is 462 g/mol. The number of sulfonamides is 1. The molecular formula is C19H21ClF2N2O5S. The van der Waals surface area contributed by atoms with Gasteiger partial charge in [-0.15, -0.1) is 0 Å². The van der Waals surface area contributed by atoms with E-state index >= 15 is 0 Å². The maximum Gasteiger partial charge on any atom is 0.387 e. The third-order valence-electron chi connectivity index (χ3n) is 3.96. The second kappa shape index (κ2) is 10.4. The number of alkyl halides is 2. The molecule has 0 radical (unpaired) electrons. The van der Waals surface area contributed by atoms with Crippen molar-refractivity contribution in [1.82, 2.24) is 5.32 Å². The summed E-state index contributed by atoms with van der Waals surface area (Å²) in [5.74, 6) is -0.459. The van der Waals surface area contributed by atoms with Crippen LogP contribution in [0.2, 0.25) is 5.02 Å². The van der Waals surface area contributed by atoms with E-state index in [1.54, 1.807) is 18.2 Å². The van der Waals surface area contributed by atoms with E-state index in [2.05, 4.69) is 10.1 Å². The molecule has 0 spiro atoms. The molecule has 30 heavy (non-hydrogen) atoms. The number of halogens is 3. The Labute approximate surface area is 178 Å². The number of anilines is 1. The van der Waals surface area contributed by atoms with Crippen LogP contribution < -0.4 is 19.1 Å². The van der Waals surface area contributed by atoms with Gasteiger partial charge in [-0.25, -0.2) is 8.42 Å². The summed E-state index contributed by atoms with van der Waals surface area (Å²) >= 11 is 5.91. The molecule has 1 amide bonds. The fourth-order valence-corrected chi connectivity index (χ4v) is 3.66. The maximum absolute atomic E-state index is 12.4. The Balaban J connectivity index is 1.98. The fourth-order valence-electron chi connectivity index (χ4n) is 2.62. The number of rotatable bonds is 10. The minimum Gasteiger partial charge on any atom is -0.493 e. The Bertz CT molecular complexity index is 989. The third kappa shape index (κ3) is 7.03. The van der Waals surface area contributed by atoms with Crippen LogP contribution in [0, 0.1) is 0 Å². The number of amides is 1. The first-order valence-corrected chi connectivity index (χ1v) is 10.9. The van der Waals surface area contributed by atoms with Crippen LogP contribution in [-0.4, -0.2) is 47.4 Å². The highest BCUT2D eigenvalue weighted by Crippen LogP contribution is 2.29. The lowest BCUT2D eigenvalue weighted by molar-refractivity contribution is -0.119. The van der Waals surface area contributed by atoms with Crippen LogP contribution in [0.25, 0.3) is 0 Å². The average Bonchev–Trinajstić information content (AvgIpc) is 2.66. The van der Waals surface area contributed by atoms with Crippen LogP contribution >= 0.6 is 11.6 Å². The van der Waals surface area contributed by atoms with Gasteiger partial charge in [-0.3, -0.25) is 9.10 Å². The molecule has 1 N–H and O–H groups in total. The Morgan fingerprint density at radius 3 is 2.53 bits per heavy atom. The molecule has 2 rings (SSSR count). The highest BCUT2D eigenvalue weighted by Gasteiger charge is 2.21. The summed E-state index contributed by atoms with van der Waals surface area (Å²) in [6, 6.07) is 10.6. The molecule has 0 heterocycles. The number of nitrogens with one attached hydrogen (secondary N) is 1. The van der Waals surface area contributed by atoms with E-state index in [1.807, 2.05) is 0 Å². The van der Waals surface area contributed by atoms with Crippen molar-refractivity contribution < 1.29 is 31.5 Å². The number of hydrogen-bond donors (Lipinski definition) is 1. The molecule has 0 atom stereocenters. The van der Waals surface area contributed by atoms with Gasteiger partial charge in [-0.05, 0) is 42.3 Å². The summed E-state index contributed by atoms with van der Waals surface area (Å²) in [5.41, 5.74) is 0.989. The summed E-state index contributed by atoms with van der Waals surface area (Å²) in [4.78, 5) is 12.3. The molecule has 0 aliphatic rings. The van der Waals surface area contributed by atoms with Crippen molar-refractivity contribution >= 4 is 33.2 Å². The second-order valence-electron chi connectivity index (χ2n) is 6.21. The van der Waals surface area contributed by atoms with Crippen molar-refractivity contribution in [3.63, 3.8) is 0 Å². The number of nitrogens with zero attached hydrogens (tertiary/aromatic N) is 1. The summed E-state index contributed by atoms with van der Waals surface area (Å²) in [5, 5.41) is 2.97. The van der Waals surface area contributed by atoms with Crippen LogP contribution in [0.3, 0.4) is 0 Å². The summed E-state index contributed by atoms with van der Waals surface area (Å²) < 4.78 is 59.3. The number of ether oxygens (including phenoxy) is 2. The fraction of sp³-hybridized carbons (Fsp3) is 0.316. The molecule has 164 valence electrons. The minimum atomic E-state index is -3.71. The number of hydrogen-bond acceptors (Lipinski definition) is 5. The highest BCUT2D eigenvalue weighted by atomic mass is 35.5. The highest BCUT2D eigenvalue weighted by molar-refractivity contribution is 7.92. The Kier molecular flexibility index (Phi) is 8.24. The van der Waals surface area contributed by atoms with E-state index in [9.17, 15) is 22.0 Å². The van der Waals surface area contributed by atoms with E-state index in [0.29, 0.717) is 17.0 Å². The normalized spacial score (nSPS) is 11.3. The first kappa shape index (κ1) is 23.7. The van der Waals surface area contributed by atoms with Gasteiger partial charge in [0.2, 0.25) is 15.9 Å². The summed E-state index contributed by atoms with van der Waals surface area (Å²) in [6.07, 6.45) is 1.36. The molecule has 0 fully saturated rings. The Morgan fingerprint density at radius 2 is 1.93 bits per heavy atom. The van der Waals surface area contributed by atoms with Gasteiger partial charge >= 0.3 is 6.61 Å². The topological polar surface area (TPSA) is 84.9 Å². The van der Waals surface area contributed by atoms with Crippen molar-refractivity contribution in [2.75, 3.05) is 30.8 Å². The molecule has 7 nitrogen and oxygen atoms in total. The quantitative estimate of drug-likeness (QED) is 0.586. The number of carbonyl (C=O) groups is 1. The lowest BCUT2D eigenvalue weighted by atomic mass is 10.1. The van der Waals surface area contributed by atoms with Gasteiger partial charge in [0, 0.05) is 11.6 Å². The van der Waals surface area contributed by atoms with Crippen LogP contribution in [-0.2, 0) is 21.2 Å². The molecule has 0 aliphatic carbocycles. The molecule has 0 saturated carbocycles. The predicted octanol–water partition coefficient (Wildman–Crippen LogP) is 3.07. The van der Waals surface area contributed by atoms with Crippen molar-refractivity contribution in [3.05, 3.63) is 53.1 Å². The number of methoxy groups -OCH3 is 1. The summed E-state index contributed by atoms with van der Waals surface area (Å²) in [6.45, 7) is -3.19. The van der Waals surface area contributed by atoms with Gasteiger partial charge in [-0.2, -0.15) is 8.78 Å². The lowest BCUT2D eigenvalue weighted by Gasteiger charge is -2.22. The molecule has 0 saturated heterocycles. The molecule has 0 bridgehead atoms. The van der Waals surface area contributed by atoms with E-state index in [0.717, 1.165) is 10.6 Å². The van der Waals surface area contributed by atoms with Crippen molar-refractivity contribution in [2.45, 2.75) is 13.0 Å². The van der Waals surface area contributed by atoms with Gasteiger partial charge in [-0.1, -0.05) is 23.7 Å². The predicted molar refractivity (Wildman–Crippen MR) is 110 cm³/mol. The van der Waals surface area contributed by atoms with Crippen molar-refractivity contribution in [3.8, 4) is 11.5 Å². The third-order valence-corrected chi connectivity index (χ3v) is 5.34. The zero-order valence-corrected chi connectivity index (χ0v) is 17.8. The van der Waals surface area contributed by atoms with E-state index in [4.69, 9.17) is 16.3 Å². The first-order chi connectivity index (χ1) is 14.1. The van der Waals surface area contributed by atoms with E-state index < -0.39 is 29.1 Å². The Hall–Kier alpha value is -2.59. The number of benzene rings is 2. The van der Waals surface area contributed by atoms with Gasteiger partial charge < -0.3 is 14.8 Å². The average molecular weight is 463 g/mol. The molecule has 0 aliphatic heterocycles.